The highest BCUT2D eigenvalue weighted by molar-refractivity contribution is 6.06. The Morgan fingerprint density at radius 1 is 1.14 bits per heavy atom. The molecule has 0 bridgehead atoms. The van der Waals surface area contributed by atoms with Gasteiger partial charge in [0, 0.05) is 24.5 Å². The lowest BCUT2D eigenvalue weighted by molar-refractivity contribution is -0.121. The van der Waals surface area contributed by atoms with Crippen LogP contribution in [0.1, 0.15) is 16.7 Å². The molecule has 7 rings (SSSR count). The minimum absolute atomic E-state index is 0.0618. The maximum absolute atomic E-state index is 13.1. The van der Waals surface area contributed by atoms with Gasteiger partial charge in [0.1, 0.15) is 18.9 Å². The van der Waals surface area contributed by atoms with Gasteiger partial charge in [0.25, 0.3) is 0 Å². The Kier molecular flexibility index (Phi) is 4.27. The number of benzene rings is 1. The van der Waals surface area contributed by atoms with Crippen LogP contribution in [0.25, 0.3) is 11.0 Å². The Morgan fingerprint density at radius 2 is 1.97 bits per heavy atom. The third kappa shape index (κ3) is 2.94. The Balaban J connectivity index is 1.16. The molecule has 1 atom stereocenters. The number of nitrogens with one attached hydrogen (secondary N) is 2. The summed E-state index contributed by atoms with van der Waals surface area (Å²) in [6, 6.07) is 9.39. The molecule has 1 spiro atoms. The maximum Gasteiger partial charge on any atom is 0.330 e. The highest BCUT2D eigenvalue weighted by atomic mass is 16.2. The topological polar surface area (TPSA) is 131 Å². The van der Waals surface area contributed by atoms with Crippen molar-refractivity contribution in [2.75, 3.05) is 22.6 Å². The van der Waals surface area contributed by atoms with Gasteiger partial charge in [0.05, 0.1) is 34.5 Å². The summed E-state index contributed by atoms with van der Waals surface area (Å²) in [7, 11) is 1.64. The largest absolute Gasteiger partial charge is 0.330 e. The molecule has 3 aromatic heterocycles. The van der Waals surface area contributed by atoms with Crippen molar-refractivity contribution in [1.82, 2.24) is 19.1 Å². The molecule has 184 valence electrons. The summed E-state index contributed by atoms with van der Waals surface area (Å²) in [5.74, 6) is -0.0659. The van der Waals surface area contributed by atoms with E-state index in [9.17, 15) is 19.2 Å². The van der Waals surface area contributed by atoms with Gasteiger partial charge in [0.2, 0.25) is 17.7 Å². The monoisotopic (exact) mass is 495 g/mol. The molecule has 11 nitrogen and oxygen atoms in total. The van der Waals surface area contributed by atoms with Gasteiger partial charge in [0.15, 0.2) is 0 Å². The fourth-order valence-electron chi connectivity index (χ4n) is 5.86. The van der Waals surface area contributed by atoms with Gasteiger partial charge in [-0.2, -0.15) is 0 Å². The molecule has 0 saturated carbocycles. The van der Waals surface area contributed by atoms with E-state index >= 15 is 0 Å². The first kappa shape index (κ1) is 21.5. The lowest BCUT2D eigenvalue weighted by atomic mass is 9.79. The average Bonchev–Trinajstić information content (AvgIpc) is 3.49. The molecule has 11 heteroatoms. The molecule has 3 amide bonds. The third-order valence-electron chi connectivity index (χ3n) is 7.70. The second kappa shape index (κ2) is 7.36. The van der Waals surface area contributed by atoms with E-state index in [4.69, 9.17) is 0 Å². The fourth-order valence-corrected chi connectivity index (χ4v) is 5.86. The number of carbonyl (C=O) groups excluding carboxylic acids is 3. The van der Waals surface area contributed by atoms with Gasteiger partial charge in [-0.15, -0.1) is 0 Å². The van der Waals surface area contributed by atoms with Crippen LogP contribution in [0.5, 0.6) is 0 Å². The van der Waals surface area contributed by atoms with Gasteiger partial charge < -0.3 is 15.5 Å². The number of likely N-dealkylation sites (N-methyl/N-ethyl adjacent to an activating group) is 1. The normalized spacial score (nSPS) is 19.3. The number of carbonyl (C=O) groups is 3. The van der Waals surface area contributed by atoms with Crippen LogP contribution in [0.2, 0.25) is 0 Å². The standard InChI is InChI=1S/C26H21N7O4/c1-31-18-10-27-11-19-22(18)33(13-21(31)35)25(37)32(19)12-20(34)29-16-5-4-14-8-26(9-15(14)7-16)17-3-2-6-28-23(17)30-24(26)36/h2-7,10-11H,8-9,12-13H2,1H3,(H,29,34)(H,28,30,36). The Labute approximate surface area is 209 Å². The average molecular weight is 495 g/mol. The van der Waals surface area contributed by atoms with E-state index in [0.717, 1.165) is 16.7 Å². The van der Waals surface area contributed by atoms with Gasteiger partial charge in [-0.25, -0.2) is 9.78 Å². The molecule has 0 radical (unpaired) electrons. The summed E-state index contributed by atoms with van der Waals surface area (Å²) in [6.07, 6.45) is 5.81. The lowest BCUT2D eigenvalue weighted by Gasteiger charge is -2.23. The molecular formula is C26H21N7O4. The molecule has 1 aromatic carbocycles. The van der Waals surface area contributed by atoms with Crippen LogP contribution in [0.4, 0.5) is 17.2 Å². The summed E-state index contributed by atoms with van der Waals surface area (Å²) < 4.78 is 2.72. The number of fused-ring (bicyclic) bond motifs is 3. The molecule has 37 heavy (non-hydrogen) atoms. The number of nitrogens with zero attached hydrogens (tertiary/aromatic N) is 5. The number of hydrogen-bond donors (Lipinski definition) is 2. The van der Waals surface area contributed by atoms with E-state index in [2.05, 4.69) is 20.6 Å². The summed E-state index contributed by atoms with van der Waals surface area (Å²) in [5, 5.41) is 5.77. The SMILES string of the molecule is CN1C(=O)Cn2c(=O)n(CC(=O)Nc3ccc4c(c3)CC3(C4)C(=O)Nc4ncccc43)c3cncc1c32. The molecule has 0 fully saturated rings. The predicted octanol–water partition coefficient (Wildman–Crippen LogP) is 1.20. The number of aromatic nitrogens is 4. The van der Waals surface area contributed by atoms with Gasteiger partial charge in [-0.05, 0) is 42.2 Å². The van der Waals surface area contributed by atoms with Crippen molar-refractivity contribution in [3.63, 3.8) is 0 Å². The van der Waals surface area contributed by atoms with Crippen molar-refractivity contribution in [3.8, 4) is 0 Å². The quantitative estimate of drug-likeness (QED) is 0.439. The van der Waals surface area contributed by atoms with Crippen LogP contribution in [-0.4, -0.2) is 43.9 Å². The van der Waals surface area contributed by atoms with E-state index in [-0.39, 0.29) is 30.8 Å². The fraction of sp³-hybridized carbons (Fsp3) is 0.231. The first-order valence-electron chi connectivity index (χ1n) is 11.9. The number of imidazole rings is 1. The summed E-state index contributed by atoms with van der Waals surface area (Å²) in [6.45, 7) is -0.315. The molecule has 2 N–H and O–H groups in total. The maximum atomic E-state index is 13.1. The molecule has 1 unspecified atom stereocenters. The van der Waals surface area contributed by atoms with Crippen molar-refractivity contribution >= 4 is 45.9 Å². The smallest absolute Gasteiger partial charge is 0.325 e. The first-order chi connectivity index (χ1) is 17.9. The zero-order valence-corrected chi connectivity index (χ0v) is 19.8. The van der Waals surface area contributed by atoms with Crippen LogP contribution in [-0.2, 0) is 45.7 Å². The minimum Gasteiger partial charge on any atom is -0.325 e. The van der Waals surface area contributed by atoms with E-state index in [1.807, 2.05) is 24.3 Å². The molecule has 4 aromatic rings. The molecule has 2 aliphatic heterocycles. The van der Waals surface area contributed by atoms with Crippen LogP contribution in [0, 0.1) is 0 Å². The first-order valence-corrected chi connectivity index (χ1v) is 11.9. The second-order valence-corrected chi connectivity index (χ2v) is 9.75. The molecule has 3 aliphatic rings. The lowest BCUT2D eigenvalue weighted by Crippen LogP contribution is -2.38. The van der Waals surface area contributed by atoms with Crippen LogP contribution < -0.4 is 21.2 Å². The number of amides is 3. The zero-order chi connectivity index (χ0) is 25.5. The predicted molar refractivity (Wildman–Crippen MR) is 134 cm³/mol. The number of hydrogen-bond acceptors (Lipinski definition) is 6. The molecule has 1 aliphatic carbocycles. The number of anilines is 3. The highest BCUT2D eigenvalue weighted by Gasteiger charge is 2.51. The van der Waals surface area contributed by atoms with Crippen molar-refractivity contribution in [3.05, 3.63) is 76.1 Å². The summed E-state index contributed by atoms with van der Waals surface area (Å²) >= 11 is 0. The second-order valence-electron chi connectivity index (χ2n) is 9.75. The molecular weight excluding hydrogens is 474 g/mol. The van der Waals surface area contributed by atoms with Gasteiger partial charge in [-0.1, -0.05) is 12.1 Å². The van der Waals surface area contributed by atoms with Crippen molar-refractivity contribution in [2.24, 2.45) is 0 Å². The Bertz CT molecular complexity index is 1750. The third-order valence-corrected chi connectivity index (χ3v) is 7.70. The minimum atomic E-state index is -0.689. The highest BCUT2D eigenvalue weighted by Crippen LogP contribution is 2.46. The van der Waals surface area contributed by atoms with Gasteiger partial charge >= 0.3 is 5.69 Å². The van der Waals surface area contributed by atoms with Crippen LogP contribution in [0.3, 0.4) is 0 Å². The van der Waals surface area contributed by atoms with E-state index in [1.165, 1.54) is 26.4 Å². The molecule has 0 saturated heterocycles. The number of pyridine rings is 2. The summed E-state index contributed by atoms with van der Waals surface area (Å²) in [5.41, 5.74) is 4.00. The Hall–Kier alpha value is -4.80. The summed E-state index contributed by atoms with van der Waals surface area (Å²) in [4.78, 5) is 61.3. The zero-order valence-electron chi connectivity index (χ0n) is 19.8. The van der Waals surface area contributed by atoms with Crippen LogP contribution >= 0.6 is 0 Å². The van der Waals surface area contributed by atoms with E-state index in [0.29, 0.717) is 41.1 Å². The Morgan fingerprint density at radius 3 is 2.84 bits per heavy atom. The molecule has 5 heterocycles. The van der Waals surface area contributed by atoms with Crippen molar-refractivity contribution < 1.29 is 14.4 Å². The van der Waals surface area contributed by atoms with Crippen LogP contribution in [0.15, 0.2) is 53.7 Å². The van der Waals surface area contributed by atoms with Crippen molar-refractivity contribution in [2.45, 2.75) is 31.3 Å². The van der Waals surface area contributed by atoms with E-state index in [1.54, 1.807) is 19.3 Å². The van der Waals surface area contributed by atoms with Gasteiger partial charge in [-0.3, -0.25) is 28.5 Å². The van der Waals surface area contributed by atoms with Crippen molar-refractivity contribution in [1.29, 1.82) is 0 Å². The van der Waals surface area contributed by atoms with E-state index < -0.39 is 11.1 Å². The number of rotatable bonds is 3.